The Morgan fingerprint density at radius 1 is 1.32 bits per heavy atom. The average molecular weight is 322 g/mol. The molecule has 0 radical (unpaired) electrons. The summed E-state index contributed by atoms with van der Waals surface area (Å²) >= 11 is 0. The topological polar surface area (TPSA) is 93.1 Å². The van der Waals surface area contributed by atoms with Gasteiger partial charge in [-0.1, -0.05) is 12.1 Å². The summed E-state index contributed by atoms with van der Waals surface area (Å²) in [5.41, 5.74) is 1.44. The fraction of sp³-hybridized carbons (Fsp3) is 0.286. The van der Waals surface area contributed by atoms with Crippen molar-refractivity contribution in [3.8, 4) is 0 Å². The molecule has 0 atom stereocenters. The number of benzene rings is 1. The molecule has 8 heteroatoms. The summed E-state index contributed by atoms with van der Waals surface area (Å²) in [5, 5.41) is 6.71. The maximum absolute atomic E-state index is 12.0. The first-order valence-corrected chi connectivity index (χ1v) is 8.41. The van der Waals surface area contributed by atoms with E-state index >= 15 is 0 Å². The van der Waals surface area contributed by atoms with Crippen LogP contribution in [0.15, 0.2) is 42.7 Å². The second-order valence-corrected chi connectivity index (χ2v) is 6.73. The SMILES string of the molecule is CNS(=O)(=O)CCNC(=O)c1cccc(Cn2cccn2)c1. The molecule has 0 bridgehead atoms. The number of amides is 1. The molecule has 118 valence electrons. The molecule has 1 heterocycles. The molecule has 0 aliphatic rings. The third-order valence-electron chi connectivity index (χ3n) is 3.06. The molecule has 0 fully saturated rings. The van der Waals surface area contributed by atoms with Gasteiger partial charge in [0.05, 0.1) is 12.3 Å². The molecular weight excluding hydrogens is 304 g/mol. The minimum atomic E-state index is -3.32. The van der Waals surface area contributed by atoms with Gasteiger partial charge in [0.2, 0.25) is 10.0 Å². The highest BCUT2D eigenvalue weighted by atomic mass is 32.2. The monoisotopic (exact) mass is 322 g/mol. The highest BCUT2D eigenvalue weighted by molar-refractivity contribution is 7.89. The second kappa shape index (κ2) is 7.19. The first-order valence-electron chi connectivity index (χ1n) is 6.76. The number of rotatable bonds is 7. The largest absolute Gasteiger partial charge is 0.351 e. The predicted octanol–water partition coefficient (Wildman–Crippen LogP) is 0.210. The van der Waals surface area contributed by atoms with E-state index in [9.17, 15) is 13.2 Å². The van der Waals surface area contributed by atoms with E-state index in [1.807, 2.05) is 18.3 Å². The van der Waals surface area contributed by atoms with Crippen LogP contribution in [0.4, 0.5) is 0 Å². The molecule has 7 nitrogen and oxygen atoms in total. The fourth-order valence-corrected chi connectivity index (χ4v) is 2.47. The minimum absolute atomic E-state index is 0.0609. The first-order chi connectivity index (χ1) is 10.5. The van der Waals surface area contributed by atoms with Crippen LogP contribution in [0.3, 0.4) is 0 Å². The zero-order valence-corrected chi connectivity index (χ0v) is 13.0. The number of nitrogens with zero attached hydrogens (tertiary/aromatic N) is 2. The Kier molecular flexibility index (Phi) is 5.29. The number of sulfonamides is 1. The van der Waals surface area contributed by atoms with Crippen LogP contribution in [-0.4, -0.2) is 43.5 Å². The van der Waals surface area contributed by atoms with Crippen molar-refractivity contribution < 1.29 is 13.2 Å². The van der Waals surface area contributed by atoms with Gasteiger partial charge < -0.3 is 5.32 Å². The summed E-state index contributed by atoms with van der Waals surface area (Å²) in [6.07, 6.45) is 3.54. The molecule has 2 aromatic rings. The Hall–Kier alpha value is -2.19. The van der Waals surface area contributed by atoms with E-state index in [0.29, 0.717) is 12.1 Å². The van der Waals surface area contributed by atoms with E-state index in [2.05, 4.69) is 15.1 Å². The van der Waals surface area contributed by atoms with Crippen molar-refractivity contribution in [3.63, 3.8) is 0 Å². The standard InChI is InChI=1S/C14H18N4O3S/c1-15-22(20,21)9-7-16-14(19)13-5-2-4-12(10-13)11-18-8-3-6-17-18/h2-6,8,10,15H,7,9,11H2,1H3,(H,16,19). The second-order valence-electron chi connectivity index (χ2n) is 4.68. The lowest BCUT2D eigenvalue weighted by Crippen LogP contribution is -2.33. The number of aromatic nitrogens is 2. The van der Waals surface area contributed by atoms with Crippen molar-refractivity contribution >= 4 is 15.9 Å². The van der Waals surface area contributed by atoms with Gasteiger partial charge in [-0.15, -0.1) is 0 Å². The fourth-order valence-electron chi connectivity index (χ4n) is 1.90. The minimum Gasteiger partial charge on any atom is -0.351 e. The molecular formula is C14H18N4O3S. The van der Waals surface area contributed by atoms with Gasteiger partial charge in [0, 0.05) is 24.5 Å². The Morgan fingerprint density at radius 2 is 2.14 bits per heavy atom. The molecule has 0 unspecified atom stereocenters. The average Bonchev–Trinajstić information content (AvgIpc) is 3.00. The highest BCUT2D eigenvalue weighted by Crippen LogP contribution is 2.07. The maximum atomic E-state index is 12.0. The van der Waals surface area contributed by atoms with Gasteiger partial charge in [0.15, 0.2) is 0 Å². The number of carbonyl (C=O) groups is 1. The van der Waals surface area contributed by atoms with Gasteiger partial charge in [-0.05, 0) is 30.8 Å². The number of hydrogen-bond donors (Lipinski definition) is 2. The third kappa shape index (κ3) is 4.68. The van der Waals surface area contributed by atoms with Crippen molar-refractivity contribution in [2.45, 2.75) is 6.54 Å². The number of nitrogens with one attached hydrogen (secondary N) is 2. The van der Waals surface area contributed by atoms with E-state index in [0.717, 1.165) is 5.56 Å². The molecule has 0 aliphatic carbocycles. The molecule has 2 rings (SSSR count). The predicted molar refractivity (Wildman–Crippen MR) is 83.0 cm³/mol. The molecule has 22 heavy (non-hydrogen) atoms. The van der Waals surface area contributed by atoms with Crippen LogP contribution in [0.25, 0.3) is 0 Å². The van der Waals surface area contributed by atoms with E-state index in [-0.39, 0.29) is 18.2 Å². The van der Waals surface area contributed by atoms with Crippen LogP contribution < -0.4 is 10.0 Å². The van der Waals surface area contributed by atoms with Crippen LogP contribution in [0.5, 0.6) is 0 Å². The lowest BCUT2D eigenvalue weighted by molar-refractivity contribution is 0.0956. The summed E-state index contributed by atoms with van der Waals surface area (Å²) in [5.74, 6) is -0.448. The number of carbonyl (C=O) groups excluding carboxylic acids is 1. The van der Waals surface area contributed by atoms with Crippen LogP contribution in [0.1, 0.15) is 15.9 Å². The van der Waals surface area contributed by atoms with Gasteiger partial charge in [-0.3, -0.25) is 9.48 Å². The van der Waals surface area contributed by atoms with Gasteiger partial charge in [0.1, 0.15) is 0 Å². The third-order valence-corrected chi connectivity index (χ3v) is 4.42. The van der Waals surface area contributed by atoms with Gasteiger partial charge in [-0.25, -0.2) is 13.1 Å². The van der Waals surface area contributed by atoms with Crippen LogP contribution >= 0.6 is 0 Å². The van der Waals surface area contributed by atoms with Gasteiger partial charge in [-0.2, -0.15) is 5.10 Å². The van der Waals surface area contributed by atoms with Crippen LogP contribution in [-0.2, 0) is 16.6 Å². The van der Waals surface area contributed by atoms with Gasteiger partial charge in [0.25, 0.3) is 5.91 Å². The molecule has 2 N–H and O–H groups in total. The first kappa shape index (κ1) is 16.2. The summed E-state index contributed by atoms with van der Waals surface area (Å²) in [4.78, 5) is 12.0. The Bertz CT molecular complexity index is 726. The summed E-state index contributed by atoms with van der Waals surface area (Å²) in [6.45, 7) is 0.633. The van der Waals surface area contributed by atoms with E-state index in [1.165, 1.54) is 7.05 Å². The Balaban J connectivity index is 1.95. The normalized spacial score (nSPS) is 11.3. The smallest absolute Gasteiger partial charge is 0.251 e. The van der Waals surface area contributed by atoms with Gasteiger partial charge >= 0.3 is 0 Å². The quantitative estimate of drug-likeness (QED) is 0.762. The maximum Gasteiger partial charge on any atom is 0.251 e. The summed E-state index contributed by atoms with van der Waals surface area (Å²) in [7, 11) is -1.97. The zero-order valence-electron chi connectivity index (χ0n) is 12.2. The van der Waals surface area contributed by atoms with Crippen LogP contribution in [0, 0.1) is 0 Å². The van der Waals surface area contributed by atoms with E-state index in [1.54, 1.807) is 29.1 Å². The van der Waals surface area contributed by atoms with E-state index < -0.39 is 10.0 Å². The molecule has 0 saturated heterocycles. The number of hydrogen-bond acceptors (Lipinski definition) is 4. The lowest BCUT2D eigenvalue weighted by Gasteiger charge is -2.07. The van der Waals surface area contributed by atoms with Crippen molar-refractivity contribution in [1.82, 2.24) is 19.8 Å². The van der Waals surface area contributed by atoms with E-state index in [4.69, 9.17) is 0 Å². The summed E-state index contributed by atoms with van der Waals surface area (Å²) in [6, 6.07) is 8.98. The highest BCUT2D eigenvalue weighted by Gasteiger charge is 2.10. The molecule has 1 aromatic heterocycles. The summed E-state index contributed by atoms with van der Waals surface area (Å²) < 4.78 is 26.5. The van der Waals surface area contributed by atoms with Crippen molar-refractivity contribution in [1.29, 1.82) is 0 Å². The molecule has 0 spiro atoms. The Morgan fingerprint density at radius 3 is 2.82 bits per heavy atom. The molecule has 0 aliphatic heterocycles. The zero-order chi connectivity index (χ0) is 16.0. The Labute approximate surface area is 129 Å². The molecule has 1 amide bonds. The molecule has 0 saturated carbocycles. The lowest BCUT2D eigenvalue weighted by atomic mass is 10.1. The van der Waals surface area contributed by atoms with Crippen molar-refractivity contribution in [2.75, 3.05) is 19.3 Å². The van der Waals surface area contributed by atoms with Crippen molar-refractivity contribution in [3.05, 3.63) is 53.9 Å². The van der Waals surface area contributed by atoms with Crippen molar-refractivity contribution in [2.24, 2.45) is 0 Å². The van der Waals surface area contributed by atoms with Crippen LogP contribution in [0.2, 0.25) is 0 Å². The molecule has 1 aromatic carbocycles.